The maximum atomic E-state index is 13.7. The molecule has 2 aromatic rings. The minimum Gasteiger partial charge on any atom is -0.434 e. The van der Waals surface area contributed by atoms with Crippen molar-refractivity contribution in [2.45, 2.75) is 13.8 Å². The van der Waals surface area contributed by atoms with Gasteiger partial charge >= 0.3 is 0 Å². The smallest absolute Gasteiger partial charge is 0.272 e. The topological polar surface area (TPSA) is 78.2 Å². The lowest BCUT2D eigenvalue weighted by molar-refractivity contribution is -0.385. The van der Waals surface area contributed by atoms with Gasteiger partial charge in [0, 0.05) is 11.6 Å². The average Bonchev–Trinajstić information content (AvgIpc) is 2.41. The number of nitrogens with zero attached hydrogens (tertiary/aromatic N) is 3. The summed E-state index contributed by atoms with van der Waals surface area (Å²) in [7, 11) is 0. The summed E-state index contributed by atoms with van der Waals surface area (Å²) >= 11 is 5.80. The van der Waals surface area contributed by atoms with Gasteiger partial charge < -0.3 is 4.74 Å². The van der Waals surface area contributed by atoms with Gasteiger partial charge in [-0.05, 0) is 25.5 Å². The predicted octanol–water partition coefficient (Wildman–Crippen LogP) is 3.59. The molecule has 0 aliphatic rings. The van der Waals surface area contributed by atoms with E-state index in [0.717, 1.165) is 12.1 Å². The van der Waals surface area contributed by atoms with Crippen molar-refractivity contribution < 1.29 is 14.1 Å². The summed E-state index contributed by atoms with van der Waals surface area (Å²) in [6, 6.07) is 3.09. The molecule has 0 atom stereocenters. The van der Waals surface area contributed by atoms with Crippen molar-refractivity contribution >= 4 is 17.3 Å². The number of nitro groups is 1. The second kappa shape index (κ2) is 5.38. The number of rotatable bonds is 3. The molecule has 8 heteroatoms. The lowest BCUT2D eigenvalue weighted by Gasteiger charge is -2.09. The van der Waals surface area contributed by atoms with Gasteiger partial charge in [-0.2, -0.15) is 0 Å². The number of hydrogen-bond acceptors (Lipinski definition) is 5. The molecule has 104 valence electrons. The number of nitro benzene ring substituents is 1. The minimum absolute atomic E-state index is 0.0969. The van der Waals surface area contributed by atoms with Crippen molar-refractivity contribution in [3.8, 4) is 11.6 Å². The molecule has 0 spiro atoms. The fraction of sp³-hybridized carbons (Fsp3) is 0.167. The minimum atomic E-state index is -0.854. The van der Waals surface area contributed by atoms with Crippen LogP contribution >= 0.6 is 11.6 Å². The normalized spacial score (nSPS) is 10.4. The van der Waals surface area contributed by atoms with Gasteiger partial charge in [-0.15, -0.1) is 10.2 Å². The number of halogens is 2. The van der Waals surface area contributed by atoms with Crippen molar-refractivity contribution in [2.75, 3.05) is 0 Å². The van der Waals surface area contributed by atoms with E-state index >= 15 is 0 Å². The first-order valence-corrected chi connectivity index (χ1v) is 5.89. The molecule has 6 nitrogen and oxygen atoms in total. The largest absolute Gasteiger partial charge is 0.434 e. The summed E-state index contributed by atoms with van der Waals surface area (Å²) in [6.07, 6.45) is 0. The molecular weight excluding hydrogens is 289 g/mol. The lowest BCUT2D eigenvalue weighted by Crippen LogP contribution is -1.99. The Bertz CT molecular complexity index is 694. The fourth-order valence-corrected chi connectivity index (χ4v) is 1.62. The molecule has 0 amide bonds. The zero-order valence-electron chi connectivity index (χ0n) is 10.6. The highest BCUT2D eigenvalue weighted by Gasteiger charge is 2.15. The third-order valence-electron chi connectivity index (χ3n) is 2.75. The molecule has 0 saturated heterocycles. The molecule has 1 heterocycles. The second-order valence-corrected chi connectivity index (χ2v) is 4.38. The summed E-state index contributed by atoms with van der Waals surface area (Å²) in [5.41, 5.74) is 0.923. The van der Waals surface area contributed by atoms with Crippen LogP contribution in [0.4, 0.5) is 10.1 Å². The van der Waals surface area contributed by atoms with Crippen molar-refractivity contribution in [3.63, 3.8) is 0 Å². The highest BCUT2D eigenvalue weighted by atomic mass is 35.5. The maximum Gasteiger partial charge on any atom is 0.272 e. The first kappa shape index (κ1) is 14.1. The quantitative estimate of drug-likeness (QED) is 0.639. The van der Waals surface area contributed by atoms with Crippen LogP contribution in [-0.4, -0.2) is 15.1 Å². The van der Waals surface area contributed by atoms with Crippen LogP contribution in [-0.2, 0) is 0 Å². The van der Waals surface area contributed by atoms with E-state index < -0.39 is 10.7 Å². The molecule has 0 saturated carbocycles. The van der Waals surface area contributed by atoms with E-state index in [9.17, 15) is 14.5 Å². The fourth-order valence-electron chi connectivity index (χ4n) is 1.44. The van der Waals surface area contributed by atoms with Crippen molar-refractivity contribution in [1.29, 1.82) is 0 Å². The standard InChI is InChI=1S/C12H9ClFN3O3/c1-6-7(2)12(16-15-11(6)13)20-10-4-3-8(17(18)19)5-9(10)14/h3-5H,1-2H3. The molecule has 2 rings (SSSR count). The molecule has 0 aliphatic heterocycles. The van der Waals surface area contributed by atoms with Crippen LogP contribution in [0.2, 0.25) is 5.15 Å². The summed E-state index contributed by atoms with van der Waals surface area (Å²) < 4.78 is 19.0. The Kier molecular flexibility index (Phi) is 3.80. The van der Waals surface area contributed by atoms with Gasteiger partial charge in [-0.1, -0.05) is 11.6 Å². The van der Waals surface area contributed by atoms with Crippen LogP contribution in [0, 0.1) is 29.8 Å². The van der Waals surface area contributed by atoms with Crippen molar-refractivity contribution in [2.24, 2.45) is 0 Å². The highest BCUT2D eigenvalue weighted by Crippen LogP contribution is 2.30. The third kappa shape index (κ3) is 2.67. The molecule has 1 aromatic heterocycles. The van der Waals surface area contributed by atoms with E-state index in [2.05, 4.69) is 10.2 Å². The molecule has 0 fully saturated rings. The van der Waals surface area contributed by atoms with Gasteiger partial charge in [0.2, 0.25) is 5.88 Å². The number of hydrogen-bond donors (Lipinski definition) is 0. The Morgan fingerprint density at radius 1 is 1.30 bits per heavy atom. The summed E-state index contributed by atoms with van der Waals surface area (Å²) in [4.78, 5) is 9.83. The van der Waals surface area contributed by atoms with Gasteiger partial charge in [0.1, 0.15) is 0 Å². The number of aromatic nitrogens is 2. The van der Waals surface area contributed by atoms with Crippen LogP contribution in [0.3, 0.4) is 0 Å². The molecule has 0 bridgehead atoms. The molecular formula is C12H9ClFN3O3. The SMILES string of the molecule is Cc1c(Cl)nnc(Oc2ccc([N+](=O)[O-])cc2F)c1C. The Morgan fingerprint density at radius 3 is 2.60 bits per heavy atom. The monoisotopic (exact) mass is 297 g/mol. The summed E-state index contributed by atoms with van der Waals surface area (Å²) in [5, 5.41) is 18.2. The zero-order valence-corrected chi connectivity index (χ0v) is 11.3. The molecule has 0 N–H and O–H groups in total. The van der Waals surface area contributed by atoms with Gasteiger partial charge in [-0.25, -0.2) is 4.39 Å². The van der Waals surface area contributed by atoms with E-state index in [1.807, 2.05) is 0 Å². The summed E-state index contributed by atoms with van der Waals surface area (Å²) in [5.74, 6) is -0.928. The Hall–Kier alpha value is -2.28. The number of non-ortho nitro benzene ring substituents is 1. The van der Waals surface area contributed by atoms with E-state index in [0.29, 0.717) is 11.1 Å². The van der Waals surface area contributed by atoms with Crippen LogP contribution < -0.4 is 4.74 Å². The van der Waals surface area contributed by atoms with E-state index in [1.54, 1.807) is 13.8 Å². The number of ether oxygens (including phenoxy) is 1. The van der Waals surface area contributed by atoms with E-state index in [1.165, 1.54) is 6.07 Å². The second-order valence-electron chi connectivity index (χ2n) is 4.02. The molecule has 0 radical (unpaired) electrons. The maximum absolute atomic E-state index is 13.7. The van der Waals surface area contributed by atoms with Crippen LogP contribution in [0.5, 0.6) is 11.6 Å². The van der Waals surface area contributed by atoms with Gasteiger partial charge in [0.15, 0.2) is 16.7 Å². The third-order valence-corrected chi connectivity index (χ3v) is 3.11. The first-order valence-electron chi connectivity index (χ1n) is 5.51. The number of benzene rings is 1. The molecule has 0 aliphatic carbocycles. The average molecular weight is 298 g/mol. The van der Waals surface area contributed by atoms with Crippen LogP contribution in [0.25, 0.3) is 0 Å². The van der Waals surface area contributed by atoms with Gasteiger partial charge in [0.25, 0.3) is 5.69 Å². The first-order chi connectivity index (χ1) is 9.40. The molecule has 1 aromatic carbocycles. The Morgan fingerprint density at radius 2 is 2.00 bits per heavy atom. The van der Waals surface area contributed by atoms with Crippen LogP contribution in [0.15, 0.2) is 18.2 Å². The van der Waals surface area contributed by atoms with Gasteiger partial charge in [0.05, 0.1) is 11.0 Å². The van der Waals surface area contributed by atoms with Gasteiger partial charge in [-0.3, -0.25) is 10.1 Å². The van der Waals surface area contributed by atoms with Crippen molar-refractivity contribution in [1.82, 2.24) is 10.2 Å². The lowest BCUT2D eigenvalue weighted by atomic mass is 10.2. The van der Waals surface area contributed by atoms with E-state index in [-0.39, 0.29) is 22.5 Å². The Balaban J connectivity index is 2.36. The van der Waals surface area contributed by atoms with E-state index in [4.69, 9.17) is 16.3 Å². The molecule has 20 heavy (non-hydrogen) atoms. The van der Waals surface area contributed by atoms with Crippen molar-refractivity contribution in [3.05, 3.63) is 50.4 Å². The Labute approximate surface area is 118 Å². The predicted molar refractivity (Wildman–Crippen MR) is 69.6 cm³/mol. The summed E-state index contributed by atoms with van der Waals surface area (Å²) in [6.45, 7) is 3.43. The zero-order chi connectivity index (χ0) is 14.9. The molecule has 0 unspecified atom stereocenters. The highest BCUT2D eigenvalue weighted by molar-refractivity contribution is 6.30. The van der Waals surface area contributed by atoms with Crippen LogP contribution in [0.1, 0.15) is 11.1 Å².